The van der Waals surface area contributed by atoms with E-state index in [-0.39, 0.29) is 6.04 Å². The molecule has 0 radical (unpaired) electrons. The highest BCUT2D eigenvalue weighted by Gasteiger charge is 2.12. The van der Waals surface area contributed by atoms with Crippen molar-refractivity contribution in [2.45, 2.75) is 33.0 Å². The fourth-order valence-electron chi connectivity index (χ4n) is 3.01. The average molecular weight is 366 g/mol. The molecule has 1 N–H and O–H groups in total. The molecule has 0 bridgehead atoms. The number of benzene rings is 1. The highest BCUT2D eigenvalue weighted by molar-refractivity contribution is 5.43. The van der Waals surface area contributed by atoms with Crippen molar-refractivity contribution in [3.63, 3.8) is 0 Å². The van der Waals surface area contributed by atoms with Crippen LogP contribution in [0.25, 0.3) is 0 Å². The molecule has 0 aliphatic rings. The van der Waals surface area contributed by atoms with Crippen molar-refractivity contribution in [2.24, 2.45) is 7.05 Å². The van der Waals surface area contributed by atoms with E-state index < -0.39 is 0 Å². The Labute approximate surface area is 160 Å². The average Bonchev–Trinajstić information content (AvgIpc) is 3.03. The lowest BCUT2D eigenvalue weighted by Crippen LogP contribution is -2.18. The summed E-state index contributed by atoms with van der Waals surface area (Å²) in [6.07, 6.45) is 5.61. The van der Waals surface area contributed by atoms with Gasteiger partial charge in [0.1, 0.15) is 6.61 Å². The molecule has 27 heavy (non-hydrogen) atoms. The lowest BCUT2D eigenvalue weighted by molar-refractivity contribution is 0.283. The smallest absolute Gasteiger partial charge is 0.161 e. The fraction of sp³-hybridized carbons (Fsp3) is 0.333. The summed E-state index contributed by atoms with van der Waals surface area (Å²) in [5.74, 6) is 1.45. The molecule has 2 heterocycles. The normalized spacial score (nSPS) is 12.0. The monoisotopic (exact) mass is 366 g/mol. The molecule has 2 aromatic heterocycles. The van der Waals surface area contributed by atoms with Crippen LogP contribution >= 0.6 is 0 Å². The van der Waals surface area contributed by atoms with E-state index in [4.69, 9.17) is 9.47 Å². The van der Waals surface area contributed by atoms with Crippen LogP contribution < -0.4 is 14.8 Å². The maximum absolute atomic E-state index is 5.96. The molecule has 0 saturated heterocycles. The van der Waals surface area contributed by atoms with Gasteiger partial charge in [0.2, 0.25) is 0 Å². The summed E-state index contributed by atoms with van der Waals surface area (Å²) in [6, 6.07) is 10.1. The first-order chi connectivity index (χ1) is 13.1. The van der Waals surface area contributed by atoms with E-state index in [0.717, 1.165) is 34.9 Å². The minimum Gasteiger partial charge on any atom is -0.493 e. The topological polar surface area (TPSA) is 61.2 Å². The molecule has 1 unspecified atom stereocenters. The van der Waals surface area contributed by atoms with E-state index in [0.29, 0.717) is 6.61 Å². The van der Waals surface area contributed by atoms with Gasteiger partial charge in [0.25, 0.3) is 0 Å². The Kier molecular flexibility index (Phi) is 6.08. The van der Waals surface area contributed by atoms with Gasteiger partial charge in [0, 0.05) is 49.4 Å². The molecule has 3 rings (SSSR count). The molecule has 6 nitrogen and oxygen atoms in total. The molecule has 142 valence electrons. The van der Waals surface area contributed by atoms with Gasteiger partial charge in [-0.05, 0) is 37.6 Å². The molecule has 6 heteroatoms. The van der Waals surface area contributed by atoms with Gasteiger partial charge in [-0.3, -0.25) is 9.67 Å². The van der Waals surface area contributed by atoms with Gasteiger partial charge in [0.15, 0.2) is 11.5 Å². The maximum Gasteiger partial charge on any atom is 0.161 e. The van der Waals surface area contributed by atoms with Crippen molar-refractivity contribution < 1.29 is 9.47 Å². The number of nitrogens with zero attached hydrogens (tertiary/aromatic N) is 3. The Balaban J connectivity index is 1.66. The van der Waals surface area contributed by atoms with Gasteiger partial charge >= 0.3 is 0 Å². The van der Waals surface area contributed by atoms with Crippen LogP contribution in [0, 0.1) is 6.92 Å². The van der Waals surface area contributed by atoms with Crippen molar-refractivity contribution in [1.29, 1.82) is 0 Å². The van der Waals surface area contributed by atoms with Crippen molar-refractivity contribution in [3.05, 3.63) is 71.3 Å². The second-order valence-electron chi connectivity index (χ2n) is 6.58. The van der Waals surface area contributed by atoms with E-state index in [1.165, 1.54) is 5.56 Å². The molecule has 1 atom stereocenters. The largest absolute Gasteiger partial charge is 0.493 e. The fourth-order valence-corrected chi connectivity index (χ4v) is 3.01. The third-order valence-electron chi connectivity index (χ3n) is 4.48. The van der Waals surface area contributed by atoms with Crippen molar-refractivity contribution >= 4 is 0 Å². The highest BCUT2D eigenvalue weighted by Crippen LogP contribution is 2.29. The molecule has 0 fully saturated rings. The van der Waals surface area contributed by atoms with E-state index in [1.807, 2.05) is 49.0 Å². The number of ether oxygens (including phenoxy) is 2. The summed E-state index contributed by atoms with van der Waals surface area (Å²) < 4.78 is 13.2. The number of nitrogens with one attached hydrogen (secondary N) is 1. The Morgan fingerprint density at radius 1 is 1.19 bits per heavy atom. The number of hydrogen-bond donors (Lipinski definition) is 1. The summed E-state index contributed by atoms with van der Waals surface area (Å²) in [7, 11) is 3.59. The zero-order chi connectivity index (χ0) is 19.2. The van der Waals surface area contributed by atoms with Crippen LogP contribution in [0.2, 0.25) is 0 Å². The predicted molar refractivity (Wildman–Crippen MR) is 105 cm³/mol. The summed E-state index contributed by atoms with van der Waals surface area (Å²) in [5, 5.41) is 7.96. The van der Waals surface area contributed by atoms with Crippen molar-refractivity contribution in [2.75, 3.05) is 7.11 Å². The van der Waals surface area contributed by atoms with Gasteiger partial charge in [-0.2, -0.15) is 5.10 Å². The number of rotatable bonds is 8. The SMILES string of the molecule is COc1ccc(CNC(C)c2cn(C)nc2C)cc1OCc1cccnc1. The van der Waals surface area contributed by atoms with Crippen LogP contribution in [0.4, 0.5) is 0 Å². The van der Waals surface area contributed by atoms with E-state index in [9.17, 15) is 0 Å². The van der Waals surface area contributed by atoms with Crippen LogP contribution in [0.15, 0.2) is 48.9 Å². The standard InChI is InChI=1S/C21H26N4O2/c1-15(19-13-25(3)24-16(19)2)23-12-17-7-8-20(26-4)21(10-17)27-14-18-6-5-9-22-11-18/h5-11,13,15,23H,12,14H2,1-4H3. The van der Waals surface area contributed by atoms with Crippen LogP contribution in [0.5, 0.6) is 11.5 Å². The van der Waals surface area contributed by atoms with Gasteiger partial charge in [-0.1, -0.05) is 12.1 Å². The second kappa shape index (κ2) is 8.68. The molecule has 0 spiro atoms. The molecular weight excluding hydrogens is 340 g/mol. The van der Waals surface area contributed by atoms with Crippen molar-refractivity contribution in [1.82, 2.24) is 20.1 Å². The first-order valence-corrected chi connectivity index (χ1v) is 8.99. The third-order valence-corrected chi connectivity index (χ3v) is 4.48. The summed E-state index contributed by atoms with van der Waals surface area (Å²) in [6.45, 7) is 5.35. The lowest BCUT2D eigenvalue weighted by atomic mass is 10.1. The lowest BCUT2D eigenvalue weighted by Gasteiger charge is -2.15. The second-order valence-corrected chi connectivity index (χ2v) is 6.58. The van der Waals surface area contributed by atoms with Crippen LogP contribution in [0.3, 0.4) is 0 Å². The van der Waals surface area contributed by atoms with Crippen LogP contribution in [-0.4, -0.2) is 21.9 Å². The minimum absolute atomic E-state index is 0.209. The zero-order valence-corrected chi connectivity index (χ0v) is 16.3. The maximum atomic E-state index is 5.96. The first-order valence-electron chi connectivity index (χ1n) is 8.99. The van der Waals surface area contributed by atoms with Gasteiger partial charge in [-0.15, -0.1) is 0 Å². The van der Waals surface area contributed by atoms with Gasteiger partial charge < -0.3 is 14.8 Å². The third kappa shape index (κ3) is 4.86. The summed E-state index contributed by atoms with van der Waals surface area (Å²) >= 11 is 0. The first kappa shape index (κ1) is 18.9. The Hall–Kier alpha value is -2.86. The quantitative estimate of drug-likeness (QED) is 0.660. The zero-order valence-electron chi connectivity index (χ0n) is 16.3. The molecule has 3 aromatic rings. The molecule has 0 aliphatic heterocycles. The number of pyridine rings is 1. The molecule has 0 aliphatic carbocycles. The minimum atomic E-state index is 0.209. The van der Waals surface area contributed by atoms with E-state index in [1.54, 1.807) is 19.5 Å². The number of aryl methyl sites for hydroxylation is 2. The van der Waals surface area contributed by atoms with Crippen molar-refractivity contribution in [3.8, 4) is 11.5 Å². The molecule has 0 saturated carbocycles. The number of hydrogen-bond acceptors (Lipinski definition) is 5. The molecule has 1 aromatic carbocycles. The highest BCUT2D eigenvalue weighted by atomic mass is 16.5. The Morgan fingerprint density at radius 2 is 2.04 bits per heavy atom. The van der Waals surface area contributed by atoms with E-state index >= 15 is 0 Å². The summed E-state index contributed by atoms with van der Waals surface area (Å²) in [5.41, 5.74) is 4.40. The molecule has 0 amide bonds. The predicted octanol–water partition coefficient (Wildman–Crippen LogP) is 3.56. The summed E-state index contributed by atoms with van der Waals surface area (Å²) in [4.78, 5) is 4.12. The van der Waals surface area contributed by atoms with Crippen LogP contribution in [-0.2, 0) is 20.2 Å². The Morgan fingerprint density at radius 3 is 2.70 bits per heavy atom. The van der Waals surface area contributed by atoms with Gasteiger partial charge in [-0.25, -0.2) is 0 Å². The number of aromatic nitrogens is 3. The van der Waals surface area contributed by atoms with Crippen LogP contribution in [0.1, 0.15) is 35.3 Å². The van der Waals surface area contributed by atoms with Gasteiger partial charge in [0.05, 0.1) is 12.8 Å². The molecular formula is C21H26N4O2. The van der Waals surface area contributed by atoms with E-state index in [2.05, 4.69) is 28.5 Å². The Bertz CT molecular complexity index is 877. The number of methoxy groups -OCH3 is 1.